The smallest absolute Gasteiger partial charge is 0.0448 e. The van der Waals surface area contributed by atoms with Gasteiger partial charge in [-0.15, -0.1) is 11.8 Å². The zero-order valence-electron chi connectivity index (χ0n) is 10.5. The molecular weight excluding hydrogens is 214 g/mol. The third-order valence-electron chi connectivity index (χ3n) is 3.02. The zero-order valence-corrected chi connectivity index (χ0v) is 11.3. The van der Waals surface area contributed by atoms with E-state index in [0.29, 0.717) is 0 Å². The van der Waals surface area contributed by atoms with Crippen LogP contribution in [-0.2, 0) is 12.0 Å². The van der Waals surface area contributed by atoms with E-state index in [1.54, 1.807) is 0 Å². The molecule has 1 nitrogen and oxygen atoms in total. The molecule has 1 fully saturated rings. The SMILES string of the molecule is CC(C)(C)c1cccc(CN2CCSC2)c1. The fraction of sp³-hybridized carbons (Fsp3) is 0.571. The monoisotopic (exact) mass is 235 g/mol. The fourth-order valence-electron chi connectivity index (χ4n) is 1.97. The van der Waals surface area contributed by atoms with Crippen LogP contribution in [-0.4, -0.2) is 23.1 Å². The third-order valence-corrected chi connectivity index (χ3v) is 4.04. The van der Waals surface area contributed by atoms with Crippen molar-refractivity contribution in [3.8, 4) is 0 Å². The molecule has 1 heterocycles. The Labute approximate surface area is 103 Å². The predicted molar refractivity (Wildman–Crippen MR) is 72.9 cm³/mol. The molecule has 1 aliphatic rings. The second-order valence-corrected chi connectivity index (χ2v) is 6.61. The highest BCUT2D eigenvalue weighted by atomic mass is 32.2. The van der Waals surface area contributed by atoms with E-state index in [2.05, 4.69) is 49.9 Å². The summed E-state index contributed by atoms with van der Waals surface area (Å²) in [6.07, 6.45) is 0. The summed E-state index contributed by atoms with van der Waals surface area (Å²) in [5.74, 6) is 2.48. The molecule has 1 aromatic carbocycles. The molecular formula is C14H21NS. The van der Waals surface area contributed by atoms with Gasteiger partial charge in [0.2, 0.25) is 0 Å². The van der Waals surface area contributed by atoms with E-state index in [1.165, 1.54) is 29.3 Å². The first-order chi connectivity index (χ1) is 7.55. The molecule has 0 unspecified atom stereocenters. The van der Waals surface area contributed by atoms with Crippen LogP contribution in [0.2, 0.25) is 0 Å². The number of thioether (sulfide) groups is 1. The van der Waals surface area contributed by atoms with Gasteiger partial charge in [-0.2, -0.15) is 0 Å². The van der Waals surface area contributed by atoms with Crippen LogP contribution >= 0.6 is 11.8 Å². The Morgan fingerprint density at radius 2 is 2.12 bits per heavy atom. The second kappa shape index (κ2) is 4.80. The number of hydrogen-bond acceptors (Lipinski definition) is 2. The maximum absolute atomic E-state index is 2.52. The molecule has 0 amide bonds. The third kappa shape index (κ3) is 3.02. The van der Waals surface area contributed by atoms with Gasteiger partial charge in [0.05, 0.1) is 0 Å². The first kappa shape index (κ1) is 12.0. The molecule has 2 heteroatoms. The minimum absolute atomic E-state index is 0.260. The van der Waals surface area contributed by atoms with Gasteiger partial charge in [-0.3, -0.25) is 4.90 Å². The van der Waals surface area contributed by atoms with Gasteiger partial charge < -0.3 is 0 Å². The minimum atomic E-state index is 0.260. The van der Waals surface area contributed by atoms with E-state index in [0.717, 1.165) is 6.54 Å². The molecule has 0 aromatic heterocycles. The molecule has 0 N–H and O–H groups in total. The van der Waals surface area contributed by atoms with Crippen molar-refractivity contribution in [1.82, 2.24) is 4.90 Å². The van der Waals surface area contributed by atoms with E-state index in [9.17, 15) is 0 Å². The van der Waals surface area contributed by atoms with Crippen LogP contribution in [0, 0.1) is 0 Å². The Hall–Kier alpha value is -0.470. The minimum Gasteiger partial charge on any atom is -0.289 e. The molecule has 0 bridgehead atoms. The molecule has 1 aromatic rings. The average molecular weight is 235 g/mol. The Bertz CT molecular complexity index is 348. The lowest BCUT2D eigenvalue weighted by Crippen LogP contribution is -2.19. The van der Waals surface area contributed by atoms with Crippen molar-refractivity contribution in [3.63, 3.8) is 0 Å². The number of rotatable bonds is 2. The van der Waals surface area contributed by atoms with Gasteiger partial charge in [0.25, 0.3) is 0 Å². The largest absolute Gasteiger partial charge is 0.289 e. The Morgan fingerprint density at radius 3 is 2.75 bits per heavy atom. The summed E-state index contributed by atoms with van der Waals surface area (Å²) in [5.41, 5.74) is 3.15. The summed E-state index contributed by atoms with van der Waals surface area (Å²) in [6, 6.07) is 9.04. The van der Waals surface area contributed by atoms with Crippen LogP contribution < -0.4 is 0 Å². The normalized spacial score (nSPS) is 17.9. The van der Waals surface area contributed by atoms with Gasteiger partial charge in [0, 0.05) is 24.7 Å². The lowest BCUT2D eigenvalue weighted by Gasteiger charge is -2.21. The van der Waals surface area contributed by atoms with Crippen molar-refractivity contribution in [1.29, 1.82) is 0 Å². The molecule has 0 aliphatic carbocycles. The Kier molecular flexibility index (Phi) is 3.60. The topological polar surface area (TPSA) is 3.24 Å². The summed E-state index contributed by atoms with van der Waals surface area (Å²) in [4.78, 5) is 2.52. The summed E-state index contributed by atoms with van der Waals surface area (Å²) in [5, 5.41) is 0. The highest BCUT2D eigenvalue weighted by molar-refractivity contribution is 7.99. The number of hydrogen-bond donors (Lipinski definition) is 0. The maximum Gasteiger partial charge on any atom is 0.0448 e. The van der Waals surface area contributed by atoms with Crippen LogP contribution in [0.5, 0.6) is 0 Å². The average Bonchev–Trinajstić information content (AvgIpc) is 2.70. The van der Waals surface area contributed by atoms with Gasteiger partial charge in [0.1, 0.15) is 0 Å². The van der Waals surface area contributed by atoms with Crippen LogP contribution in [0.4, 0.5) is 0 Å². The van der Waals surface area contributed by atoms with Gasteiger partial charge in [0.15, 0.2) is 0 Å². The van der Waals surface area contributed by atoms with Crippen molar-refractivity contribution in [3.05, 3.63) is 35.4 Å². The molecule has 16 heavy (non-hydrogen) atoms. The quantitative estimate of drug-likeness (QED) is 0.772. The van der Waals surface area contributed by atoms with Gasteiger partial charge in [-0.1, -0.05) is 45.0 Å². The maximum atomic E-state index is 2.52. The van der Waals surface area contributed by atoms with Crippen LogP contribution in [0.15, 0.2) is 24.3 Å². The molecule has 1 aliphatic heterocycles. The number of benzene rings is 1. The van der Waals surface area contributed by atoms with Gasteiger partial charge in [-0.05, 0) is 16.5 Å². The highest BCUT2D eigenvalue weighted by Crippen LogP contribution is 2.24. The predicted octanol–water partition coefficient (Wildman–Crippen LogP) is 3.49. The van der Waals surface area contributed by atoms with Crippen LogP contribution in [0.25, 0.3) is 0 Å². The van der Waals surface area contributed by atoms with E-state index in [-0.39, 0.29) is 5.41 Å². The highest BCUT2D eigenvalue weighted by Gasteiger charge is 2.15. The summed E-state index contributed by atoms with van der Waals surface area (Å²) < 4.78 is 0. The number of nitrogens with zero attached hydrogens (tertiary/aromatic N) is 1. The van der Waals surface area contributed by atoms with Crippen molar-refractivity contribution >= 4 is 11.8 Å². The fourth-order valence-corrected chi connectivity index (χ4v) is 2.97. The molecule has 88 valence electrons. The summed E-state index contributed by atoms with van der Waals surface area (Å²) >= 11 is 2.04. The van der Waals surface area contributed by atoms with Crippen molar-refractivity contribution in [2.45, 2.75) is 32.7 Å². The standard InChI is InChI=1S/C14H21NS/c1-14(2,3)13-6-4-5-12(9-13)10-15-7-8-16-11-15/h4-6,9H,7-8,10-11H2,1-3H3. The van der Waals surface area contributed by atoms with Crippen LogP contribution in [0.1, 0.15) is 31.9 Å². The molecule has 1 saturated heterocycles. The summed E-state index contributed by atoms with van der Waals surface area (Å²) in [6.45, 7) is 9.18. The molecule has 0 spiro atoms. The van der Waals surface area contributed by atoms with Crippen molar-refractivity contribution < 1.29 is 0 Å². The lowest BCUT2D eigenvalue weighted by molar-refractivity contribution is 0.348. The van der Waals surface area contributed by atoms with Crippen LogP contribution in [0.3, 0.4) is 0 Å². The van der Waals surface area contributed by atoms with E-state index < -0.39 is 0 Å². The summed E-state index contributed by atoms with van der Waals surface area (Å²) in [7, 11) is 0. The van der Waals surface area contributed by atoms with Crippen molar-refractivity contribution in [2.24, 2.45) is 0 Å². The zero-order chi connectivity index (χ0) is 11.6. The molecule has 0 saturated carbocycles. The van der Waals surface area contributed by atoms with E-state index in [4.69, 9.17) is 0 Å². The first-order valence-electron chi connectivity index (χ1n) is 5.95. The van der Waals surface area contributed by atoms with Crippen molar-refractivity contribution in [2.75, 3.05) is 18.2 Å². The van der Waals surface area contributed by atoms with E-state index >= 15 is 0 Å². The molecule has 0 atom stereocenters. The molecule has 2 rings (SSSR count). The van der Waals surface area contributed by atoms with E-state index in [1.807, 2.05) is 11.8 Å². The Balaban J connectivity index is 2.09. The lowest BCUT2D eigenvalue weighted by atomic mass is 9.86. The van der Waals surface area contributed by atoms with Gasteiger partial charge >= 0.3 is 0 Å². The van der Waals surface area contributed by atoms with Gasteiger partial charge in [-0.25, -0.2) is 0 Å². The molecule has 0 radical (unpaired) electrons. The second-order valence-electron chi connectivity index (χ2n) is 5.54. The first-order valence-corrected chi connectivity index (χ1v) is 7.11. The Morgan fingerprint density at radius 1 is 1.31 bits per heavy atom.